The fraction of sp³-hybridized carbons (Fsp3) is 0.417. The third-order valence-electron chi connectivity index (χ3n) is 3.08. The molecule has 6 nitrogen and oxygen atoms in total. The molecule has 0 saturated carbocycles. The number of rotatable bonds is 5. The molecule has 2 rings (SSSR count). The lowest BCUT2D eigenvalue weighted by atomic mass is 10.0. The quantitative estimate of drug-likeness (QED) is 0.834. The zero-order valence-corrected chi connectivity index (χ0v) is 13.4. The monoisotopic (exact) mass is 381 g/mol. The number of hydrogen-bond donors (Lipinski definition) is 1. The summed E-state index contributed by atoms with van der Waals surface area (Å²) in [6, 6.07) is 3.33. The van der Waals surface area contributed by atoms with Crippen molar-refractivity contribution >= 4 is 31.9 Å². The molecule has 0 amide bonds. The number of carboxylic acids is 1. The Morgan fingerprint density at radius 1 is 1.52 bits per heavy atom. The average Bonchev–Trinajstić information content (AvgIpc) is 2.32. The molecule has 0 aliphatic carbocycles. The van der Waals surface area contributed by atoms with Crippen molar-refractivity contribution in [1.29, 1.82) is 0 Å². The van der Waals surface area contributed by atoms with Crippen LogP contribution in [0.4, 0.5) is 4.39 Å². The van der Waals surface area contributed by atoms with Crippen LogP contribution in [-0.4, -0.2) is 49.1 Å². The molecule has 9 heteroatoms. The maximum absolute atomic E-state index is 13.0. The van der Waals surface area contributed by atoms with Gasteiger partial charge in [-0.25, -0.2) is 17.6 Å². The lowest BCUT2D eigenvalue weighted by Crippen LogP contribution is -2.63. The van der Waals surface area contributed by atoms with E-state index < -0.39 is 34.0 Å². The van der Waals surface area contributed by atoms with Crippen LogP contribution in [0.25, 0.3) is 0 Å². The molecule has 0 unspecified atom stereocenters. The lowest BCUT2D eigenvalue weighted by molar-refractivity contribution is -0.157. The SMILES string of the molecule is CC1(OCC(=O)O)CN(S(=O)(=O)c2ccc(F)cc2Br)C1. The van der Waals surface area contributed by atoms with E-state index in [1.807, 2.05) is 0 Å². The summed E-state index contributed by atoms with van der Waals surface area (Å²) in [6.07, 6.45) is 0. The van der Waals surface area contributed by atoms with Gasteiger partial charge in [-0.05, 0) is 41.1 Å². The van der Waals surface area contributed by atoms with Crippen molar-refractivity contribution in [2.24, 2.45) is 0 Å². The van der Waals surface area contributed by atoms with Gasteiger partial charge in [0.1, 0.15) is 12.4 Å². The molecule has 116 valence electrons. The Balaban J connectivity index is 2.11. The predicted molar refractivity (Wildman–Crippen MR) is 74.9 cm³/mol. The molecule has 1 aliphatic rings. The van der Waals surface area contributed by atoms with Crippen LogP contribution in [-0.2, 0) is 19.6 Å². The van der Waals surface area contributed by atoms with Gasteiger partial charge >= 0.3 is 5.97 Å². The number of sulfonamides is 1. The molecule has 1 aromatic rings. The van der Waals surface area contributed by atoms with Crippen LogP contribution in [0.3, 0.4) is 0 Å². The fourth-order valence-electron chi connectivity index (χ4n) is 2.02. The van der Waals surface area contributed by atoms with Crippen LogP contribution in [0, 0.1) is 5.82 Å². The van der Waals surface area contributed by atoms with Gasteiger partial charge in [0.05, 0.1) is 10.5 Å². The number of aliphatic carboxylic acids is 1. The Morgan fingerprint density at radius 2 is 2.14 bits per heavy atom. The summed E-state index contributed by atoms with van der Waals surface area (Å²) in [5, 5.41) is 8.56. The zero-order chi connectivity index (χ0) is 15.8. The van der Waals surface area contributed by atoms with E-state index in [2.05, 4.69) is 15.9 Å². The summed E-state index contributed by atoms with van der Waals surface area (Å²) in [5.41, 5.74) is -0.821. The van der Waals surface area contributed by atoms with Gasteiger partial charge in [0.2, 0.25) is 10.0 Å². The first-order chi connectivity index (χ1) is 9.64. The molecule has 1 aliphatic heterocycles. The normalized spacial score (nSPS) is 18.2. The van der Waals surface area contributed by atoms with E-state index in [1.165, 1.54) is 6.07 Å². The van der Waals surface area contributed by atoms with Crippen LogP contribution < -0.4 is 0 Å². The Labute approximate surface area is 129 Å². The molecule has 1 N–H and O–H groups in total. The molecular formula is C12H13BrFNO5S. The first-order valence-electron chi connectivity index (χ1n) is 5.95. The first kappa shape index (κ1) is 16.3. The van der Waals surface area contributed by atoms with Gasteiger partial charge in [0.25, 0.3) is 0 Å². The fourth-order valence-corrected chi connectivity index (χ4v) is 4.69. The van der Waals surface area contributed by atoms with Crippen molar-refractivity contribution < 1.29 is 27.4 Å². The molecule has 1 heterocycles. The topological polar surface area (TPSA) is 83.9 Å². The second-order valence-corrected chi connectivity index (χ2v) is 7.74. The lowest BCUT2D eigenvalue weighted by Gasteiger charge is -2.46. The number of hydrogen-bond acceptors (Lipinski definition) is 4. The number of benzene rings is 1. The molecular weight excluding hydrogens is 369 g/mol. The van der Waals surface area contributed by atoms with Gasteiger partial charge in [-0.1, -0.05) is 0 Å². The Morgan fingerprint density at radius 3 is 2.67 bits per heavy atom. The van der Waals surface area contributed by atoms with Crippen molar-refractivity contribution in [3.8, 4) is 0 Å². The standard InChI is InChI=1S/C12H13BrFNO5S/c1-12(20-5-11(16)17)6-15(7-12)21(18,19)10-3-2-8(14)4-9(10)13/h2-4H,5-7H2,1H3,(H,16,17). The van der Waals surface area contributed by atoms with Gasteiger partial charge in [-0.15, -0.1) is 0 Å². The minimum atomic E-state index is -3.77. The number of halogens is 2. The largest absolute Gasteiger partial charge is 0.480 e. The van der Waals surface area contributed by atoms with Crippen LogP contribution in [0.5, 0.6) is 0 Å². The number of carboxylic acid groups (broad SMARTS) is 1. The van der Waals surface area contributed by atoms with Gasteiger partial charge in [0.15, 0.2) is 0 Å². The second kappa shape index (κ2) is 5.64. The highest BCUT2D eigenvalue weighted by Crippen LogP contribution is 2.33. The van der Waals surface area contributed by atoms with E-state index in [4.69, 9.17) is 9.84 Å². The van der Waals surface area contributed by atoms with Crippen LogP contribution in [0.2, 0.25) is 0 Å². The molecule has 0 atom stereocenters. The van der Waals surface area contributed by atoms with Gasteiger partial charge in [-0.3, -0.25) is 0 Å². The molecule has 0 spiro atoms. The van der Waals surface area contributed by atoms with E-state index in [0.717, 1.165) is 16.4 Å². The highest BCUT2D eigenvalue weighted by Gasteiger charge is 2.47. The molecule has 1 aromatic carbocycles. The molecule has 1 fully saturated rings. The third kappa shape index (κ3) is 3.42. The van der Waals surface area contributed by atoms with E-state index in [1.54, 1.807) is 6.92 Å². The van der Waals surface area contributed by atoms with Crippen molar-refractivity contribution in [1.82, 2.24) is 4.31 Å². The second-order valence-electron chi connectivity index (χ2n) is 4.98. The smallest absolute Gasteiger partial charge is 0.329 e. The summed E-state index contributed by atoms with van der Waals surface area (Å²) < 4.78 is 44.2. The van der Waals surface area contributed by atoms with E-state index in [0.29, 0.717) is 0 Å². The Kier molecular flexibility index (Phi) is 4.39. The van der Waals surface area contributed by atoms with Gasteiger partial charge < -0.3 is 9.84 Å². The minimum absolute atomic E-state index is 0.0378. The highest BCUT2D eigenvalue weighted by molar-refractivity contribution is 9.10. The zero-order valence-electron chi connectivity index (χ0n) is 11.0. The van der Waals surface area contributed by atoms with Crippen molar-refractivity contribution in [2.75, 3.05) is 19.7 Å². The molecule has 0 aromatic heterocycles. The Bertz CT molecular complexity index is 672. The average molecular weight is 382 g/mol. The number of ether oxygens (including phenoxy) is 1. The summed E-state index contributed by atoms with van der Waals surface area (Å²) in [5.74, 6) is -1.65. The van der Waals surface area contributed by atoms with Gasteiger partial charge in [-0.2, -0.15) is 4.31 Å². The van der Waals surface area contributed by atoms with Crippen molar-refractivity contribution in [2.45, 2.75) is 17.4 Å². The van der Waals surface area contributed by atoms with Crippen LogP contribution in [0.1, 0.15) is 6.92 Å². The molecule has 21 heavy (non-hydrogen) atoms. The van der Waals surface area contributed by atoms with E-state index in [9.17, 15) is 17.6 Å². The summed E-state index contributed by atoms with van der Waals surface area (Å²) in [7, 11) is -3.77. The highest BCUT2D eigenvalue weighted by atomic mass is 79.9. The molecule has 0 radical (unpaired) electrons. The first-order valence-corrected chi connectivity index (χ1v) is 8.18. The van der Waals surface area contributed by atoms with Crippen LogP contribution in [0.15, 0.2) is 27.6 Å². The maximum atomic E-state index is 13.0. The van der Waals surface area contributed by atoms with Gasteiger partial charge in [0, 0.05) is 17.6 Å². The Hall–Kier alpha value is -1.03. The summed E-state index contributed by atoms with van der Waals surface area (Å²) in [6.45, 7) is 1.26. The van der Waals surface area contributed by atoms with Crippen molar-refractivity contribution in [3.05, 3.63) is 28.5 Å². The van der Waals surface area contributed by atoms with Crippen molar-refractivity contribution in [3.63, 3.8) is 0 Å². The van der Waals surface area contributed by atoms with Crippen LogP contribution >= 0.6 is 15.9 Å². The number of nitrogens with zero attached hydrogens (tertiary/aromatic N) is 1. The third-order valence-corrected chi connectivity index (χ3v) is 5.85. The van der Waals surface area contributed by atoms with E-state index in [-0.39, 0.29) is 22.5 Å². The minimum Gasteiger partial charge on any atom is -0.480 e. The summed E-state index contributed by atoms with van der Waals surface area (Å²) >= 11 is 3.03. The molecule has 1 saturated heterocycles. The maximum Gasteiger partial charge on any atom is 0.329 e. The van der Waals surface area contributed by atoms with E-state index >= 15 is 0 Å². The molecule has 0 bridgehead atoms. The summed E-state index contributed by atoms with van der Waals surface area (Å²) in [4.78, 5) is 10.4. The predicted octanol–water partition coefficient (Wildman–Crippen LogP) is 1.45. The number of carbonyl (C=O) groups is 1.